The lowest BCUT2D eigenvalue weighted by Gasteiger charge is -2.24. The fourth-order valence-electron chi connectivity index (χ4n) is 3.21. The van der Waals surface area contributed by atoms with Crippen molar-refractivity contribution in [2.24, 2.45) is 5.92 Å². The smallest absolute Gasteiger partial charge is 0.182 e. The van der Waals surface area contributed by atoms with Gasteiger partial charge in [0.05, 0.1) is 0 Å². The normalized spacial score (nSPS) is 15.7. The van der Waals surface area contributed by atoms with Crippen LogP contribution in [0.15, 0.2) is 41.2 Å². The summed E-state index contributed by atoms with van der Waals surface area (Å²) in [5.74, 6) is 0.599. The zero-order valence-corrected chi connectivity index (χ0v) is 14.2. The fraction of sp³-hybridized carbons (Fsp3) is 0.421. The van der Waals surface area contributed by atoms with E-state index < -0.39 is 0 Å². The lowest BCUT2D eigenvalue weighted by molar-refractivity contribution is 0.0660. The van der Waals surface area contributed by atoms with Crippen LogP contribution in [0.5, 0.6) is 0 Å². The molecule has 0 N–H and O–H groups in total. The van der Waals surface area contributed by atoms with Gasteiger partial charge in [0.25, 0.3) is 0 Å². The molecule has 2 aromatic rings. The maximum Gasteiger partial charge on any atom is 0.182 e. The van der Waals surface area contributed by atoms with Crippen LogP contribution in [-0.2, 0) is 17.7 Å². The average Bonchev–Trinajstić information content (AvgIpc) is 2.53. The summed E-state index contributed by atoms with van der Waals surface area (Å²) in [7, 11) is 0. The highest BCUT2D eigenvalue weighted by Crippen LogP contribution is 2.21. The molecule has 2 heterocycles. The molecule has 1 fully saturated rings. The Bertz CT molecular complexity index is 715. The van der Waals surface area contributed by atoms with Gasteiger partial charge in [-0.05, 0) is 49.8 Å². The standard InChI is InChI=1S/C19H22ClNO2/c1-14-10-19(22)12-18(11-15-6-8-23-9-7-15)21(14)13-16-2-4-17(20)5-3-16/h2-5,10,12,15H,6-9,11,13H2,1H3. The van der Waals surface area contributed by atoms with Crippen LogP contribution in [0, 0.1) is 12.8 Å². The van der Waals surface area contributed by atoms with E-state index in [0.29, 0.717) is 5.92 Å². The highest BCUT2D eigenvalue weighted by atomic mass is 35.5. The number of benzene rings is 1. The quantitative estimate of drug-likeness (QED) is 0.852. The van der Waals surface area contributed by atoms with Gasteiger partial charge in [0.2, 0.25) is 0 Å². The predicted molar refractivity (Wildman–Crippen MR) is 93.2 cm³/mol. The minimum Gasteiger partial charge on any atom is -0.381 e. The number of rotatable bonds is 4. The molecule has 0 bridgehead atoms. The van der Waals surface area contributed by atoms with E-state index in [1.54, 1.807) is 12.1 Å². The zero-order chi connectivity index (χ0) is 16.2. The van der Waals surface area contributed by atoms with E-state index in [4.69, 9.17) is 16.3 Å². The molecule has 3 rings (SSSR count). The number of nitrogens with zero attached hydrogens (tertiary/aromatic N) is 1. The molecule has 1 aliphatic heterocycles. The van der Waals surface area contributed by atoms with Crippen molar-refractivity contribution in [2.45, 2.75) is 32.7 Å². The average molecular weight is 332 g/mol. The Morgan fingerprint density at radius 3 is 2.57 bits per heavy atom. The SMILES string of the molecule is Cc1cc(=O)cc(CC2CCOCC2)n1Cc1ccc(Cl)cc1. The van der Waals surface area contributed by atoms with Crippen LogP contribution >= 0.6 is 11.6 Å². The van der Waals surface area contributed by atoms with Gasteiger partial charge in [-0.3, -0.25) is 4.79 Å². The van der Waals surface area contributed by atoms with Gasteiger partial charge in [-0.25, -0.2) is 0 Å². The van der Waals surface area contributed by atoms with Crippen molar-refractivity contribution < 1.29 is 4.74 Å². The summed E-state index contributed by atoms with van der Waals surface area (Å²) in [4.78, 5) is 11.9. The summed E-state index contributed by atoms with van der Waals surface area (Å²) in [5, 5.41) is 0.743. The van der Waals surface area contributed by atoms with Crippen LogP contribution in [-0.4, -0.2) is 17.8 Å². The second-order valence-electron chi connectivity index (χ2n) is 6.30. The third-order valence-electron chi connectivity index (χ3n) is 4.53. The van der Waals surface area contributed by atoms with Gasteiger partial charge < -0.3 is 9.30 Å². The predicted octanol–water partition coefficient (Wildman–Crippen LogP) is 3.83. The molecule has 1 aromatic carbocycles. The largest absolute Gasteiger partial charge is 0.381 e. The molecule has 0 radical (unpaired) electrons. The van der Waals surface area contributed by atoms with E-state index in [0.717, 1.165) is 55.4 Å². The third-order valence-corrected chi connectivity index (χ3v) is 4.78. The Balaban J connectivity index is 1.87. The van der Waals surface area contributed by atoms with Crippen molar-refractivity contribution in [3.05, 3.63) is 68.6 Å². The van der Waals surface area contributed by atoms with Gasteiger partial charge in [0.15, 0.2) is 5.43 Å². The molecule has 1 aromatic heterocycles. The Morgan fingerprint density at radius 2 is 1.87 bits per heavy atom. The van der Waals surface area contributed by atoms with Crippen LogP contribution < -0.4 is 5.43 Å². The van der Waals surface area contributed by atoms with Crippen LogP contribution in [0.25, 0.3) is 0 Å². The second-order valence-corrected chi connectivity index (χ2v) is 6.73. The molecule has 4 heteroatoms. The van der Waals surface area contributed by atoms with Gasteiger partial charge in [0.1, 0.15) is 0 Å². The number of aryl methyl sites for hydroxylation is 1. The number of ether oxygens (including phenoxy) is 1. The molecule has 122 valence electrons. The molecule has 3 nitrogen and oxygen atoms in total. The summed E-state index contributed by atoms with van der Waals surface area (Å²) in [6.07, 6.45) is 3.08. The number of aromatic nitrogens is 1. The summed E-state index contributed by atoms with van der Waals surface area (Å²) in [6, 6.07) is 11.4. The van der Waals surface area contributed by atoms with Gasteiger partial charge in [-0.1, -0.05) is 23.7 Å². The topological polar surface area (TPSA) is 31.2 Å². The number of pyridine rings is 1. The summed E-state index contributed by atoms with van der Waals surface area (Å²) >= 11 is 5.97. The minimum absolute atomic E-state index is 0.0944. The molecular formula is C19H22ClNO2. The monoisotopic (exact) mass is 331 g/mol. The first-order valence-electron chi connectivity index (χ1n) is 8.14. The molecule has 23 heavy (non-hydrogen) atoms. The number of hydrogen-bond acceptors (Lipinski definition) is 2. The first-order chi connectivity index (χ1) is 11.1. The fourth-order valence-corrected chi connectivity index (χ4v) is 3.33. The Kier molecular flexibility index (Phi) is 5.19. The lowest BCUT2D eigenvalue weighted by Crippen LogP contribution is -2.22. The van der Waals surface area contributed by atoms with Crippen LogP contribution in [0.1, 0.15) is 29.8 Å². The van der Waals surface area contributed by atoms with Crippen LogP contribution in [0.3, 0.4) is 0 Å². The van der Waals surface area contributed by atoms with E-state index in [1.807, 2.05) is 31.2 Å². The molecule has 0 amide bonds. The van der Waals surface area contributed by atoms with E-state index in [2.05, 4.69) is 4.57 Å². The van der Waals surface area contributed by atoms with Crippen molar-refractivity contribution in [2.75, 3.05) is 13.2 Å². The van der Waals surface area contributed by atoms with Crippen molar-refractivity contribution in [1.29, 1.82) is 0 Å². The number of hydrogen-bond donors (Lipinski definition) is 0. The molecule has 0 saturated carbocycles. The van der Waals surface area contributed by atoms with E-state index in [-0.39, 0.29) is 5.43 Å². The van der Waals surface area contributed by atoms with Gasteiger partial charge in [-0.15, -0.1) is 0 Å². The maximum absolute atomic E-state index is 11.9. The molecule has 1 saturated heterocycles. The van der Waals surface area contributed by atoms with Gasteiger partial charge in [-0.2, -0.15) is 0 Å². The van der Waals surface area contributed by atoms with Gasteiger partial charge in [0, 0.05) is 48.3 Å². The number of halogens is 1. The second kappa shape index (κ2) is 7.33. The lowest BCUT2D eigenvalue weighted by atomic mass is 9.94. The molecule has 0 unspecified atom stereocenters. The van der Waals surface area contributed by atoms with Crippen molar-refractivity contribution in [3.8, 4) is 0 Å². The molecular weight excluding hydrogens is 310 g/mol. The molecule has 1 aliphatic rings. The Labute approximate surface area is 141 Å². The van der Waals surface area contributed by atoms with E-state index >= 15 is 0 Å². The highest BCUT2D eigenvalue weighted by Gasteiger charge is 2.17. The summed E-state index contributed by atoms with van der Waals surface area (Å²) in [5.41, 5.74) is 3.41. The van der Waals surface area contributed by atoms with E-state index in [1.165, 1.54) is 5.56 Å². The van der Waals surface area contributed by atoms with Crippen LogP contribution in [0.2, 0.25) is 5.02 Å². The maximum atomic E-state index is 11.9. The highest BCUT2D eigenvalue weighted by molar-refractivity contribution is 6.30. The van der Waals surface area contributed by atoms with Crippen molar-refractivity contribution >= 4 is 11.6 Å². The molecule has 0 atom stereocenters. The van der Waals surface area contributed by atoms with Gasteiger partial charge >= 0.3 is 0 Å². The van der Waals surface area contributed by atoms with E-state index in [9.17, 15) is 4.79 Å². The summed E-state index contributed by atoms with van der Waals surface area (Å²) < 4.78 is 7.69. The van der Waals surface area contributed by atoms with Crippen molar-refractivity contribution in [3.63, 3.8) is 0 Å². The van der Waals surface area contributed by atoms with Crippen LogP contribution in [0.4, 0.5) is 0 Å². The first-order valence-corrected chi connectivity index (χ1v) is 8.52. The molecule has 0 spiro atoms. The Morgan fingerprint density at radius 1 is 1.17 bits per heavy atom. The zero-order valence-electron chi connectivity index (χ0n) is 13.4. The van der Waals surface area contributed by atoms with Crippen molar-refractivity contribution in [1.82, 2.24) is 4.57 Å². The Hall–Kier alpha value is -1.58. The molecule has 0 aliphatic carbocycles. The minimum atomic E-state index is 0.0944. The summed E-state index contributed by atoms with van der Waals surface area (Å²) in [6.45, 7) is 4.43. The third kappa shape index (κ3) is 4.24. The first kappa shape index (κ1) is 16.3.